The number of hydrogen-bond acceptors (Lipinski definition) is 7. The molecule has 146 valence electrons. The summed E-state index contributed by atoms with van der Waals surface area (Å²) in [6.45, 7) is -0.506. The Morgan fingerprint density at radius 3 is 2.74 bits per heavy atom. The fraction of sp³-hybridized carbons (Fsp3) is 0.438. The van der Waals surface area contributed by atoms with Crippen LogP contribution in [-0.2, 0) is 30.4 Å². The molecule has 11 heteroatoms. The number of carbonyl (C=O) groups is 1. The fourth-order valence-electron chi connectivity index (χ4n) is 3.04. The summed E-state index contributed by atoms with van der Waals surface area (Å²) >= 11 is 0. The maximum Gasteiger partial charge on any atom is 0.362 e. The van der Waals surface area contributed by atoms with Crippen molar-refractivity contribution < 1.29 is 32.3 Å². The van der Waals surface area contributed by atoms with Crippen molar-refractivity contribution >= 4 is 35.0 Å². The summed E-state index contributed by atoms with van der Waals surface area (Å²) in [5, 5.41) is 20.3. The molecular formula is C16H21BN2O7S. The second kappa shape index (κ2) is 7.99. The van der Waals surface area contributed by atoms with Crippen LogP contribution in [-0.4, -0.2) is 68.3 Å². The van der Waals surface area contributed by atoms with Crippen molar-refractivity contribution in [2.75, 3.05) is 6.61 Å². The van der Waals surface area contributed by atoms with Crippen LogP contribution in [0.2, 0.25) is 0 Å². The smallest absolute Gasteiger partial charge is 0.362 e. The summed E-state index contributed by atoms with van der Waals surface area (Å²) in [4.78, 5) is 15.0. The lowest BCUT2D eigenvalue weighted by molar-refractivity contribution is -0.119. The van der Waals surface area contributed by atoms with Gasteiger partial charge in [-0.1, -0.05) is 18.2 Å². The van der Waals surface area contributed by atoms with Crippen LogP contribution in [0, 0.1) is 0 Å². The number of ether oxygens (including phenoxy) is 1. The molecule has 9 nitrogen and oxygen atoms in total. The van der Waals surface area contributed by atoms with Gasteiger partial charge in [0.25, 0.3) is 0 Å². The molecule has 1 aromatic heterocycles. The van der Waals surface area contributed by atoms with Crippen LogP contribution in [0.25, 0.3) is 10.9 Å². The zero-order chi connectivity index (χ0) is 19.6. The van der Waals surface area contributed by atoms with Crippen LogP contribution in [0.5, 0.6) is 0 Å². The number of rotatable bonds is 7. The second-order valence-electron chi connectivity index (χ2n) is 6.48. The van der Waals surface area contributed by atoms with E-state index >= 15 is 0 Å². The average Bonchev–Trinajstić information content (AvgIpc) is 3.14. The van der Waals surface area contributed by atoms with Crippen LogP contribution < -0.4 is 4.72 Å². The van der Waals surface area contributed by atoms with Crippen molar-refractivity contribution in [2.24, 2.45) is 0 Å². The van der Waals surface area contributed by atoms with Crippen molar-refractivity contribution in [3.63, 3.8) is 0 Å². The molecule has 1 fully saturated rings. The number of nitrogens with one attached hydrogen (secondary N) is 2. The molecule has 0 aliphatic carbocycles. The number of aliphatic hydroxyl groups excluding tert-OH is 2. The predicted octanol–water partition coefficient (Wildman–Crippen LogP) is -1.44. The molecule has 2 heterocycles. The number of aromatic nitrogens is 1. The van der Waals surface area contributed by atoms with E-state index in [-0.39, 0.29) is 6.42 Å². The van der Waals surface area contributed by atoms with Crippen LogP contribution in [0.4, 0.5) is 0 Å². The van der Waals surface area contributed by atoms with Gasteiger partial charge in [-0.15, -0.1) is 0 Å². The third-order valence-electron chi connectivity index (χ3n) is 4.52. The van der Waals surface area contributed by atoms with Crippen molar-refractivity contribution in [1.29, 1.82) is 0 Å². The van der Waals surface area contributed by atoms with E-state index in [1.165, 1.54) is 0 Å². The van der Waals surface area contributed by atoms with Crippen molar-refractivity contribution in [3.05, 3.63) is 36.0 Å². The minimum absolute atomic E-state index is 0.0389. The highest BCUT2D eigenvalue weighted by Crippen LogP contribution is 2.20. The molecule has 1 aromatic carbocycles. The first-order valence-electron chi connectivity index (χ1n) is 8.53. The summed E-state index contributed by atoms with van der Waals surface area (Å²) < 4.78 is 35.5. The Balaban J connectivity index is 1.49. The SMILES string of the molecule is B[C@@H]1O[C@H](COS(=O)(=O)NC(=O)CCc2c[nH]c3ccccc23)C(O)C1O. The van der Waals surface area contributed by atoms with Gasteiger partial charge in [0.05, 0.1) is 12.6 Å². The third kappa shape index (κ3) is 4.68. The number of H-pyrrole nitrogens is 1. The highest BCUT2D eigenvalue weighted by atomic mass is 32.2. The topological polar surface area (TPSA) is 138 Å². The summed E-state index contributed by atoms with van der Waals surface area (Å²) in [6, 6.07) is 6.97. The lowest BCUT2D eigenvalue weighted by atomic mass is 9.93. The summed E-state index contributed by atoms with van der Waals surface area (Å²) in [6.07, 6.45) is -1.26. The molecular weight excluding hydrogens is 375 g/mol. The number of carbonyl (C=O) groups excluding carboxylic acids is 1. The molecule has 4 N–H and O–H groups in total. The highest BCUT2D eigenvalue weighted by molar-refractivity contribution is 7.85. The summed E-state index contributed by atoms with van der Waals surface area (Å²) in [5.41, 5.74) is 1.85. The van der Waals surface area contributed by atoms with E-state index in [9.17, 15) is 23.4 Å². The Morgan fingerprint density at radius 2 is 2.04 bits per heavy atom. The van der Waals surface area contributed by atoms with E-state index < -0.39 is 47.1 Å². The first kappa shape index (κ1) is 19.8. The van der Waals surface area contributed by atoms with E-state index in [2.05, 4.69) is 4.98 Å². The molecule has 1 aliphatic rings. The third-order valence-corrected chi connectivity index (χ3v) is 5.45. The zero-order valence-corrected chi connectivity index (χ0v) is 15.5. The van der Waals surface area contributed by atoms with Crippen LogP contribution in [0.1, 0.15) is 12.0 Å². The van der Waals surface area contributed by atoms with Crippen molar-refractivity contribution in [1.82, 2.24) is 9.71 Å². The lowest BCUT2D eigenvalue weighted by Gasteiger charge is -2.15. The zero-order valence-electron chi connectivity index (χ0n) is 14.7. The number of hydrogen-bond donors (Lipinski definition) is 4. The van der Waals surface area contributed by atoms with E-state index in [0.717, 1.165) is 16.5 Å². The Morgan fingerprint density at radius 1 is 1.30 bits per heavy atom. The maximum absolute atomic E-state index is 12.0. The molecule has 1 amide bonds. The number of aromatic amines is 1. The number of para-hydroxylation sites is 1. The van der Waals surface area contributed by atoms with Crippen molar-refractivity contribution in [3.8, 4) is 0 Å². The van der Waals surface area contributed by atoms with Gasteiger partial charge >= 0.3 is 10.3 Å². The quantitative estimate of drug-likeness (QED) is 0.421. The average molecular weight is 396 g/mol. The molecule has 2 unspecified atom stereocenters. The summed E-state index contributed by atoms with van der Waals surface area (Å²) in [5.74, 6) is -0.707. The van der Waals surface area contributed by atoms with Crippen molar-refractivity contribution in [2.45, 2.75) is 37.2 Å². The maximum atomic E-state index is 12.0. The lowest BCUT2D eigenvalue weighted by Crippen LogP contribution is -2.38. The van der Waals surface area contributed by atoms with E-state index in [0.29, 0.717) is 6.42 Å². The number of benzene rings is 1. The monoisotopic (exact) mass is 396 g/mol. The van der Waals surface area contributed by atoms with Gasteiger partial charge in [-0.05, 0) is 18.1 Å². The number of aliphatic hydroxyl groups is 2. The highest BCUT2D eigenvalue weighted by Gasteiger charge is 2.40. The Labute approximate surface area is 157 Å². The number of aryl methyl sites for hydroxylation is 1. The minimum Gasteiger partial charge on any atom is -0.388 e. The van der Waals surface area contributed by atoms with Gasteiger partial charge in [-0.2, -0.15) is 8.42 Å². The van der Waals surface area contributed by atoms with Crippen LogP contribution in [0.3, 0.4) is 0 Å². The second-order valence-corrected chi connectivity index (χ2v) is 7.83. The standard InChI is InChI=1S/C16H21BN2O7S/c17-16-15(22)14(21)12(26-16)8-25-27(23,24)19-13(20)6-5-9-7-18-11-4-2-1-3-10(9)11/h1-4,7,12,14-16,18,21-22H,5-6,8,17H2,(H,19,20)/t12-,14?,15?,16-/m1/s1. The van der Waals surface area contributed by atoms with E-state index in [1.54, 1.807) is 14.0 Å². The van der Waals surface area contributed by atoms with Gasteiger partial charge in [0.2, 0.25) is 5.91 Å². The molecule has 1 saturated heterocycles. The Bertz CT molecular complexity index is 916. The van der Waals surface area contributed by atoms with Gasteiger partial charge in [-0.25, -0.2) is 4.72 Å². The van der Waals surface area contributed by atoms with E-state index in [1.807, 2.05) is 29.0 Å². The van der Waals surface area contributed by atoms with Gasteiger partial charge in [0.15, 0.2) is 0 Å². The first-order valence-corrected chi connectivity index (χ1v) is 9.94. The van der Waals surface area contributed by atoms with Gasteiger partial charge in [0.1, 0.15) is 26.2 Å². The molecule has 0 spiro atoms. The molecule has 3 rings (SSSR count). The molecule has 0 saturated carbocycles. The van der Waals surface area contributed by atoms with E-state index in [4.69, 9.17) is 8.92 Å². The van der Waals surface area contributed by atoms with Gasteiger partial charge in [-0.3, -0.25) is 8.98 Å². The predicted molar refractivity (Wildman–Crippen MR) is 98.9 cm³/mol. The van der Waals surface area contributed by atoms with Gasteiger partial charge < -0.3 is 19.9 Å². The molecule has 0 radical (unpaired) electrons. The summed E-state index contributed by atoms with van der Waals surface area (Å²) in [7, 11) is -2.79. The van der Waals surface area contributed by atoms with Crippen LogP contribution >= 0.6 is 0 Å². The first-order chi connectivity index (χ1) is 12.8. The molecule has 1 aliphatic heterocycles. The molecule has 2 aromatic rings. The molecule has 4 atom stereocenters. The normalized spacial score (nSPS) is 25.7. The molecule has 27 heavy (non-hydrogen) atoms. The number of amides is 1. The van der Waals surface area contributed by atoms with Gasteiger partial charge in [0, 0.05) is 23.5 Å². The number of fused-ring (bicyclic) bond motifs is 1. The molecule has 0 bridgehead atoms. The fourth-order valence-corrected chi connectivity index (χ4v) is 3.79. The Hall–Kier alpha value is -1.92. The largest absolute Gasteiger partial charge is 0.388 e. The minimum atomic E-state index is -4.34. The van der Waals surface area contributed by atoms with Crippen LogP contribution in [0.15, 0.2) is 30.5 Å². The Kier molecular flexibility index (Phi) is 5.87.